The topological polar surface area (TPSA) is 83.1 Å². The third-order valence-electron chi connectivity index (χ3n) is 4.61. The summed E-state index contributed by atoms with van der Waals surface area (Å²) in [4.78, 5) is 14.3. The average Bonchev–Trinajstić information content (AvgIpc) is 2.93. The summed E-state index contributed by atoms with van der Waals surface area (Å²) < 4.78 is 23.6. The van der Waals surface area contributed by atoms with Crippen molar-refractivity contribution in [2.75, 3.05) is 18.8 Å². The number of carbonyl (C=O) groups is 1. The van der Waals surface area contributed by atoms with Crippen molar-refractivity contribution in [3.8, 4) is 0 Å². The predicted octanol–water partition coefficient (Wildman–Crippen LogP) is 1.60. The van der Waals surface area contributed by atoms with E-state index in [4.69, 9.17) is 0 Å². The molecule has 0 radical (unpaired) electrons. The number of nitrogens with zero attached hydrogens (tertiary/aromatic N) is 2. The normalized spacial score (nSPS) is 24.5. The van der Waals surface area contributed by atoms with Crippen molar-refractivity contribution >= 4 is 26.6 Å². The highest BCUT2D eigenvalue weighted by molar-refractivity contribution is 7.92. The number of benzene rings is 1. The van der Waals surface area contributed by atoms with Crippen LogP contribution in [0.5, 0.6) is 0 Å². The molecule has 1 unspecified atom stereocenters. The number of aromatic amines is 1. The van der Waals surface area contributed by atoms with Crippen LogP contribution in [0.25, 0.3) is 10.9 Å². The molecular formula is C15H19N3O3S. The van der Waals surface area contributed by atoms with Gasteiger partial charge in [-0.25, -0.2) is 8.42 Å². The van der Waals surface area contributed by atoms with E-state index in [-0.39, 0.29) is 24.7 Å². The van der Waals surface area contributed by atoms with Crippen molar-refractivity contribution in [1.29, 1.82) is 0 Å². The van der Waals surface area contributed by atoms with Crippen LogP contribution < -0.4 is 0 Å². The molecule has 7 heteroatoms. The van der Waals surface area contributed by atoms with E-state index < -0.39 is 14.6 Å². The van der Waals surface area contributed by atoms with Crippen molar-refractivity contribution < 1.29 is 13.2 Å². The molecule has 1 saturated heterocycles. The number of H-pyrrole nitrogens is 1. The molecule has 3 rings (SSSR count). The van der Waals surface area contributed by atoms with Gasteiger partial charge in [0, 0.05) is 18.5 Å². The van der Waals surface area contributed by atoms with Crippen LogP contribution in [0.1, 0.15) is 30.8 Å². The van der Waals surface area contributed by atoms with E-state index in [2.05, 4.69) is 10.2 Å². The number of aromatic nitrogens is 2. The van der Waals surface area contributed by atoms with E-state index in [0.717, 1.165) is 10.9 Å². The van der Waals surface area contributed by atoms with E-state index in [0.29, 0.717) is 12.1 Å². The van der Waals surface area contributed by atoms with Crippen molar-refractivity contribution in [3.05, 3.63) is 30.0 Å². The molecule has 1 aromatic heterocycles. The zero-order valence-corrected chi connectivity index (χ0v) is 13.5. The molecule has 1 fully saturated rings. The molecule has 1 aliphatic rings. The van der Waals surface area contributed by atoms with Crippen molar-refractivity contribution in [2.24, 2.45) is 0 Å². The van der Waals surface area contributed by atoms with Crippen LogP contribution in [0.15, 0.2) is 24.3 Å². The maximum atomic E-state index is 12.7. The number of hydrogen-bond donors (Lipinski definition) is 1. The Morgan fingerprint density at radius 2 is 2.14 bits per heavy atom. The molecule has 118 valence electrons. The van der Waals surface area contributed by atoms with Gasteiger partial charge in [-0.15, -0.1) is 0 Å². The molecule has 1 N–H and O–H groups in total. The molecule has 0 aliphatic carbocycles. The smallest absolute Gasteiger partial charge is 0.275 e. The highest BCUT2D eigenvalue weighted by Gasteiger charge is 2.44. The van der Waals surface area contributed by atoms with Crippen molar-refractivity contribution in [3.63, 3.8) is 0 Å². The number of amides is 1. The lowest BCUT2D eigenvalue weighted by Gasteiger charge is -2.39. The first-order valence-corrected chi connectivity index (χ1v) is 8.98. The number of nitrogens with one attached hydrogen (secondary N) is 1. The lowest BCUT2D eigenvalue weighted by atomic mass is 10.1. The minimum absolute atomic E-state index is 0.00539. The van der Waals surface area contributed by atoms with Gasteiger partial charge in [-0.2, -0.15) is 5.10 Å². The molecule has 6 nitrogen and oxygen atoms in total. The number of para-hydroxylation sites is 1. The molecule has 2 aromatic rings. The van der Waals surface area contributed by atoms with Gasteiger partial charge >= 0.3 is 0 Å². The maximum absolute atomic E-state index is 12.7. The average molecular weight is 321 g/mol. The zero-order valence-electron chi connectivity index (χ0n) is 12.7. The van der Waals surface area contributed by atoms with Gasteiger partial charge in [0.05, 0.1) is 16.0 Å². The summed E-state index contributed by atoms with van der Waals surface area (Å²) in [5.74, 6) is -0.210. The highest BCUT2D eigenvalue weighted by atomic mass is 32.2. The Morgan fingerprint density at radius 1 is 1.41 bits per heavy atom. The second-order valence-electron chi connectivity index (χ2n) is 5.97. The van der Waals surface area contributed by atoms with Gasteiger partial charge in [0.1, 0.15) is 0 Å². The fourth-order valence-corrected chi connectivity index (χ4v) is 4.59. The number of carbonyl (C=O) groups excluding carboxylic acids is 1. The Bertz CT molecular complexity index is 827. The first-order valence-electron chi connectivity index (χ1n) is 7.33. The molecule has 0 spiro atoms. The summed E-state index contributed by atoms with van der Waals surface area (Å²) in [5, 5.41) is 7.72. The molecular weight excluding hydrogens is 302 g/mol. The second kappa shape index (κ2) is 5.08. The summed E-state index contributed by atoms with van der Waals surface area (Å²) in [6.07, 6.45) is 0.487. The lowest BCUT2D eigenvalue weighted by Crippen LogP contribution is -2.55. The fourth-order valence-electron chi connectivity index (χ4n) is 2.84. The van der Waals surface area contributed by atoms with E-state index >= 15 is 0 Å². The first kappa shape index (κ1) is 15.0. The highest BCUT2D eigenvalue weighted by Crippen LogP contribution is 2.29. The number of rotatable bonds is 2. The maximum Gasteiger partial charge on any atom is 0.275 e. The molecule has 0 saturated carbocycles. The van der Waals surface area contributed by atoms with Crippen LogP contribution >= 0.6 is 0 Å². The lowest BCUT2D eigenvalue weighted by molar-refractivity contribution is 0.0735. The van der Waals surface area contributed by atoms with Crippen LogP contribution in [-0.4, -0.2) is 53.0 Å². The molecule has 22 heavy (non-hydrogen) atoms. The van der Waals surface area contributed by atoms with Crippen molar-refractivity contribution in [1.82, 2.24) is 15.1 Å². The van der Waals surface area contributed by atoms with Crippen LogP contribution in [0, 0.1) is 0 Å². The van der Waals surface area contributed by atoms with Gasteiger partial charge in [-0.3, -0.25) is 9.89 Å². The van der Waals surface area contributed by atoms with Crippen LogP contribution in [0.2, 0.25) is 0 Å². The Morgan fingerprint density at radius 3 is 2.86 bits per heavy atom. The third-order valence-corrected chi connectivity index (χ3v) is 7.25. The SMILES string of the molecule is CCC1(C)CN(C(=O)c2n[nH]c3ccccc23)CCS1(=O)=O. The second-order valence-corrected chi connectivity index (χ2v) is 8.59. The first-order chi connectivity index (χ1) is 10.4. The summed E-state index contributed by atoms with van der Waals surface area (Å²) in [6.45, 7) is 3.99. The molecule has 2 heterocycles. The monoisotopic (exact) mass is 321 g/mol. The molecule has 0 bridgehead atoms. The molecule has 1 atom stereocenters. The Kier molecular flexibility index (Phi) is 3.47. The van der Waals surface area contributed by atoms with Gasteiger partial charge < -0.3 is 4.90 Å². The van der Waals surface area contributed by atoms with Crippen LogP contribution in [0.4, 0.5) is 0 Å². The van der Waals surface area contributed by atoms with Gasteiger partial charge in [-0.05, 0) is 19.4 Å². The number of sulfone groups is 1. The molecule has 1 aromatic carbocycles. The van der Waals surface area contributed by atoms with Gasteiger partial charge in [0.25, 0.3) is 5.91 Å². The van der Waals surface area contributed by atoms with E-state index in [1.54, 1.807) is 11.8 Å². The number of hydrogen-bond acceptors (Lipinski definition) is 4. The number of fused-ring (bicyclic) bond motifs is 1. The minimum atomic E-state index is -3.17. The Labute approximate surface area is 129 Å². The zero-order chi connectivity index (χ0) is 16.0. The molecule has 1 aliphatic heterocycles. The van der Waals surface area contributed by atoms with E-state index in [1.165, 1.54) is 0 Å². The van der Waals surface area contributed by atoms with Crippen LogP contribution in [-0.2, 0) is 9.84 Å². The standard InChI is InChI=1S/C15H19N3O3S/c1-3-15(2)10-18(8-9-22(15,20)21)14(19)13-11-6-4-5-7-12(11)16-17-13/h4-7H,3,8-10H2,1-2H3,(H,16,17). The fraction of sp³-hybridized carbons (Fsp3) is 0.467. The van der Waals surface area contributed by atoms with Gasteiger partial charge in [0.15, 0.2) is 15.5 Å². The van der Waals surface area contributed by atoms with E-state index in [1.807, 2.05) is 31.2 Å². The summed E-state index contributed by atoms with van der Waals surface area (Å²) in [5.41, 5.74) is 1.15. The Hall–Kier alpha value is -1.89. The summed E-state index contributed by atoms with van der Waals surface area (Å²) in [7, 11) is -3.17. The minimum Gasteiger partial charge on any atom is -0.335 e. The molecule has 1 amide bonds. The summed E-state index contributed by atoms with van der Waals surface area (Å²) in [6, 6.07) is 7.42. The van der Waals surface area contributed by atoms with Gasteiger partial charge in [-0.1, -0.05) is 25.1 Å². The van der Waals surface area contributed by atoms with Crippen LogP contribution in [0.3, 0.4) is 0 Å². The van der Waals surface area contributed by atoms with E-state index in [9.17, 15) is 13.2 Å². The largest absolute Gasteiger partial charge is 0.335 e. The predicted molar refractivity (Wildman–Crippen MR) is 84.5 cm³/mol. The van der Waals surface area contributed by atoms with Gasteiger partial charge in [0.2, 0.25) is 0 Å². The Balaban J connectivity index is 1.93. The quantitative estimate of drug-likeness (QED) is 0.911. The summed E-state index contributed by atoms with van der Waals surface area (Å²) >= 11 is 0. The van der Waals surface area contributed by atoms with Crippen molar-refractivity contribution in [2.45, 2.75) is 25.0 Å². The third kappa shape index (κ3) is 2.20.